The molecule has 0 aliphatic carbocycles. The van der Waals surface area contributed by atoms with Crippen molar-refractivity contribution >= 4 is 11.9 Å². The molecule has 0 saturated carbocycles. The Bertz CT molecular complexity index is 537. The smallest absolute Gasteiger partial charge is 0.358 e. The molecule has 20 heavy (non-hydrogen) atoms. The van der Waals surface area contributed by atoms with Crippen LogP contribution in [0.2, 0.25) is 0 Å². The van der Waals surface area contributed by atoms with Crippen LogP contribution >= 0.6 is 0 Å². The molecule has 0 bridgehead atoms. The van der Waals surface area contributed by atoms with E-state index < -0.39 is 5.97 Å². The molecule has 108 valence electrons. The number of hydrogen-bond acceptors (Lipinski definition) is 5. The molecule has 0 radical (unpaired) electrons. The van der Waals surface area contributed by atoms with Crippen LogP contribution < -0.4 is 5.32 Å². The lowest BCUT2D eigenvalue weighted by atomic mass is 9.97. The van der Waals surface area contributed by atoms with Gasteiger partial charge >= 0.3 is 5.97 Å². The Kier molecular flexibility index (Phi) is 3.17. The fourth-order valence-corrected chi connectivity index (χ4v) is 2.79. The van der Waals surface area contributed by atoms with Crippen molar-refractivity contribution < 1.29 is 14.7 Å². The van der Waals surface area contributed by atoms with Crippen LogP contribution in [0.15, 0.2) is 6.20 Å². The summed E-state index contributed by atoms with van der Waals surface area (Å²) < 4.78 is 1.53. The first kappa shape index (κ1) is 13.0. The van der Waals surface area contributed by atoms with E-state index in [9.17, 15) is 9.59 Å². The number of nitrogens with zero attached hydrogens (tertiary/aromatic N) is 4. The zero-order valence-electron chi connectivity index (χ0n) is 11.2. The number of carboxylic acids is 1. The van der Waals surface area contributed by atoms with Crippen molar-refractivity contribution in [3.8, 4) is 0 Å². The van der Waals surface area contributed by atoms with E-state index in [1.54, 1.807) is 4.90 Å². The summed E-state index contributed by atoms with van der Waals surface area (Å²) >= 11 is 0. The van der Waals surface area contributed by atoms with Crippen molar-refractivity contribution in [3.63, 3.8) is 0 Å². The Morgan fingerprint density at radius 2 is 2.20 bits per heavy atom. The first-order chi connectivity index (χ1) is 9.56. The molecule has 2 aliphatic heterocycles. The van der Waals surface area contributed by atoms with Gasteiger partial charge in [0.05, 0.1) is 18.2 Å². The van der Waals surface area contributed by atoms with E-state index in [4.69, 9.17) is 5.11 Å². The van der Waals surface area contributed by atoms with Crippen molar-refractivity contribution in [2.45, 2.75) is 25.4 Å². The number of aromatic carboxylic acids is 1. The molecule has 1 aromatic heterocycles. The minimum atomic E-state index is -1.09. The summed E-state index contributed by atoms with van der Waals surface area (Å²) in [7, 11) is 0. The summed E-state index contributed by atoms with van der Waals surface area (Å²) in [6.45, 7) is 4.07. The predicted molar refractivity (Wildman–Crippen MR) is 68.2 cm³/mol. The van der Waals surface area contributed by atoms with Crippen LogP contribution in [-0.2, 0) is 4.79 Å². The van der Waals surface area contributed by atoms with Gasteiger partial charge in [0.25, 0.3) is 0 Å². The number of nitrogens with one attached hydrogen (secondary N) is 1. The average Bonchev–Trinajstić information content (AvgIpc) is 2.95. The van der Waals surface area contributed by atoms with Gasteiger partial charge in [0.15, 0.2) is 5.69 Å². The van der Waals surface area contributed by atoms with Crippen LogP contribution in [0, 0.1) is 5.92 Å². The van der Waals surface area contributed by atoms with E-state index in [0.29, 0.717) is 13.1 Å². The van der Waals surface area contributed by atoms with Crippen molar-refractivity contribution in [3.05, 3.63) is 11.9 Å². The highest BCUT2D eigenvalue weighted by atomic mass is 16.4. The predicted octanol–water partition coefficient (Wildman–Crippen LogP) is -0.642. The topological polar surface area (TPSA) is 100 Å². The summed E-state index contributed by atoms with van der Waals surface area (Å²) in [5, 5.41) is 19.4. The van der Waals surface area contributed by atoms with E-state index in [2.05, 4.69) is 15.6 Å². The largest absolute Gasteiger partial charge is 0.476 e. The van der Waals surface area contributed by atoms with Gasteiger partial charge in [-0.3, -0.25) is 4.79 Å². The van der Waals surface area contributed by atoms with Gasteiger partial charge in [-0.1, -0.05) is 5.21 Å². The summed E-state index contributed by atoms with van der Waals surface area (Å²) in [5.74, 6) is -0.854. The van der Waals surface area contributed by atoms with Gasteiger partial charge in [0.1, 0.15) is 0 Å². The van der Waals surface area contributed by atoms with Crippen molar-refractivity contribution in [2.24, 2.45) is 5.92 Å². The molecule has 8 nitrogen and oxygen atoms in total. The SMILES string of the molecule is CC1NCCC1C(=O)N1CC(n2cc(C(=O)O)nn2)C1. The third-order valence-electron chi connectivity index (χ3n) is 4.12. The highest BCUT2D eigenvalue weighted by Gasteiger charge is 2.39. The maximum Gasteiger partial charge on any atom is 0.358 e. The average molecular weight is 279 g/mol. The summed E-state index contributed by atoms with van der Waals surface area (Å²) in [6, 6.07) is 0.260. The third kappa shape index (κ3) is 2.15. The Hall–Kier alpha value is -1.96. The molecule has 3 rings (SSSR count). The van der Waals surface area contributed by atoms with Gasteiger partial charge in [0, 0.05) is 19.1 Å². The van der Waals surface area contributed by atoms with Gasteiger partial charge in [0.2, 0.25) is 5.91 Å². The maximum atomic E-state index is 12.3. The molecule has 2 aliphatic rings. The van der Waals surface area contributed by atoms with E-state index in [1.165, 1.54) is 10.9 Å². The molecule has 2 unspecified atom stereocenters. The molecule has 2 fully saturated rings. The summed E-state index contributed by atoms with van der Waals surface area (Å²) in [4.78, 5) is 24.8. The van der Waals surface area contributed by atoms with Crippen LogP contribution in [0.3, 0.4) is 0 Å². The van der Waals surface area contributed by atoms with Crippen molar-refractivity contribution in [1.82, 2.24) is 25.2 Å². The summed E-state index contributed by atoms with van der Waals surface area (Å²) in [6.07, 6.45) is 2.29. The van der Waals surface area contributed by atoms with Crippen molar-refractivity contribution in [2.75, 3.05) is 19.6 Å². The second-order valence-electron chi connectivity index (χ2n) is 5.42. The highest BCUT2D eigenvalue weighted by Crippen LogP contribution is 2.26. The van der Waals surface area contributed by atoms with Crippen LogP contribution in [0.1, 0.15) is 29.9 Å². The van der Waals surface area contributed by atoms with Crippen LogP contribution in [0.25, 0.3) is 0 Å². The fourth-order valence-electron chi connectivity index (χ4n) is 2.79. The molecular weight excluding hydrogens is 262 g/mol. The zero-order chi connectivity index (χ0) is 14.3. The summed E-state index contributed by atoms with van der Waals surface area (Å²) in [5.41, 5.74) is -0.0663. The van der Waals surface area contributed by atoms with Gasteiger partial charge in [-0.05, 0) is 19.9 Å². The molecule has 3 heterocycles. The number of amides is 1. The molecule has 1 aromatic rings. The standard InChI is InChI=1S/C12H17N5O3/c1-7-9(2-3-13-7)11(18)16-4-8(5-16)17-6-10(12(19)20)14-15-17/h6-9,13H,2-5H2,1H3,(H,19,20). The Labute approximate surface area is 115 Å². The Morgan fingerprint density at radius 3 is 2.75 bits per heavy atom. The number of likely N-dealkylation sites (tertiary alicyclic amines) is 1. The van der Waals surface area contributed by atoms with E-state index in [1.807, 2.05) is 6.92 Å². The second-order valence-corrected chi connectivity index (χ2v) is 5.42. The van der Waals surface area contributed by atoms with Crippen LogP contribution in [-0.4, -0.2) is 62.6 Å². The molecule has 1 amide bonds. The first-order valence-corrected chi connectivity index (χ1v) is 6.73. The fraction of sp³-hybridized carbons (Fsp3) is 0.667. The Morgan fingerprint density at radius 1 is 1.45 bits per heavy atom. The van der Waals surface area contributed by atoms with Gasteiger partial charge in [-0.25, -0.2) is 9.48 Å². The van der Waals surface area contributed by atoms with Crippen molar-refractivity contribution in [1.29, 1.82) is 0 Å². The highest BCUT2D eigenvalue weighted by molar-refractivity contribution is 5.84. The number of carboxylic acid groups (broad SMARTS) is 1. The monoisotopic (exact) mass is 279 g/mol. The number of carbonyl (C=O) groups is 2. The minimum Gasteiger partial charge on any atom is -0.476 e. The lowest BCUT2D eigenvalue weighted by molar-refractivity contribution is -0.141. The normalized spacial score (nSPS) is 26.6. The molecule has 2 N–H and O–H groups in total. The quantitative estimate of drug-likeness (QED) is 0.763. The van der Waals surface area contributed by atoms with Gasteiger partial charge in [-0.15, -0.1) is 5.10 Å². The lowest BCUT2D eigenvalue weighted by Crippen LogP contribution is -2.53. The van der Waals surface area contributed by atoms with Gasteiger partial charge in [-0.2, -0.15) is 0 Å². The molecule has 2 saturated heterocycles. The number of carbonyl (C=O) groups excluding carboxylic acids is 1. The number of hydrogen-bond donors (Lipinski definition) is 2. The maximum absolute atomic E-state index is 12.3. The zero-order valence-corrected chi connectivity index (χ0v) is 11.2. The van der Waals surface area contributed by atoms with Gasteiger partial charge < -0.3 is 15.3 Å². The molecule has 0 aromatic carbocycles. The third-order valence-corrected chi connectivity index (χ3v) is 4.12. The number of rotatable bonds is 3. The first-order valence-electron chi connectivity index (χ1n) is 6.73. The molecular formula is C12H17N5O3. The van der Waals surface area contributed by atoms with Crippen LogP contribution in [0.5, 0.6) is 0 Å². The molecule has 0 spiro atoms. The second kappa shape index (κ2) is 4.86. The lowest BCUT2D eigenvalue weighted by Gasteiger charge is -2.40. The molecule has 2 atom stereocenters. The molecule has 8 heteroatoms. The number of aromatic nitrogens is 3. The Balaban J connectivity index is 1.58. The van der Waals surface area contributed by atoms with Crippen LogP contribution in [0.4, 0.5) is 0 Å². The minimum absolute atomic E-state index is 0.0317. The van der Waals surface area contributed by atoms with E-state index in [0.717, 1.165) is 13.0 Å². The van der Waals surface area contributed by atoms with E-state index >= 15 is 0 Å². The van der Waals surface area contributed by atoms with E-state index in [-0.39, 0.29) is 29.6 Å².